The third-order valence-corrected chi connectivity index (χ3v) is 5.49. The zero-order valence-corrected chi connectivity index (χ0v) is 27.6. The number of carbonyl (C=O) groups excluding carboxylic acids is 4. The third-order valence-electron chi connectivity index (χ3n) is 5.49. The van der Waals surface area contributed by atoms with Gasteiger partial charge in [0.25, 0.3) is 0 Å². The molecule has 2 heterocycles. The molecule has 0 unspecified atom stereocenters. The average Bonchev–Trinajstić information content (AvgIpc) is 3.50. The van der Waals surface area contributed by atoms with E-state index >= 15 is 0 Å². The van der Waals surface area contributed by atoms with Crippen LogP contribution in [0.5, 0.6) is 0 Å². The Balaban J connectivity index is 0. The predicted octanol–water partition coefficient (Wildman–Crippen LogP) is 5.05. The fourth-order valence-corrected chi connectivity index (χ4v) is 3.64. The first-order valence-corrected chi connectivity index (χ1v) is 11.8. The number of rotatable bonds is 0. The van der Waals surface area contributed by atoms with Crippen molar-refractivity contribution >= 4 is 23.1 Å². The van der Waals surface area contributed by atoms with Crippen molar-refractivity contribution in [2.24, 2.45) is 0 Å². The summed E-state index contributed by atoms with van der Waals surface area (Å²) in [5.74, 6) is -0.370. The number of hydrogen-bond donors (Lipinski definition) is 0. The maximum atomic E-state index is 11.2. The number of carbonyl (C=O) groups is 4. The van der Waals surface area contributed by atoms with Crippen LogP contribution in [0, 0.1) is 28.2 Å². The number of allylic oxidation sites excluding steroid dienone is 4. The standard InChI is InChI=1S/2C10H6O2.2C5H9N2.2CH3.2Pd/c2*11-9-5-6-10(12)8-4-2-1-3-7(8)9;2*1-6-3-4-7(2)5-6;;;;/h2*1-6H;2*3-5H,1-2H3;2*1H3;;/q;;4*-1;2*+2. The van der Waals surface area contributed by atoms with Gasteiger partial charge >= 0.3 is 40.8 Å². The zero-order chi connectivity index (χ0) is 27.7. The molecular formula is C32H36N4O4Pd2. The fourth-order valence-electron chi connectivity index (χ4n) is 3.64. The van der Waals surface area contributed by atoms with Gasteiger partial charge in [0.15, 0.2) is 23.1 Å². The van der Waals surface area contributed by atoms with Crippen LogP contribution in [-0.4, -0.2) is 70.9 Å². The van der Waals surface area contributed by atoms with Gasteiger partial charge in [0.2, 0.25) is 0 Å². The second kappa shape index (κ2) is 19.7. The van der Waals surface area contributed by atoms with Crippen LogP contribution in [0.25, 0.3) is 0 Å². The van der Waals surface area contributed by atoms with E-state index in [1.165, 1.54) is 24.3 Å². The van der Waals surface area contributed by atoms with E-state index in [1.54, 1.807) is 48.5 Å². The van der Waals surface area contributed by atoms with E-state index in [1.807, 2.05) is 85.9 Å². The Labute approximate surface area is 277 Å². The molecule has 2 aromatic carbocycles. The van der Waals surface area contributed by atoms with Gasteiger partial charge < -0.3 is 34.5 Å². The Kier molecular flexibility index (Phi) is 19.1. The molecule has 42 heavy (non-hydrogen) atoms. The van der Waals surface area contributed by atoms with Gasteiger partial charge in [-0.2, -0.15) is 13.3 Å². The van der Waals surface area contributed by atoms with Crippen LogP contribution in [0.15, 0.2) is 97.6 Å². The first kappa shape index (κ1) is 40.7. The van der Waals surface area contributed by atoms with Gasteiger partial charge in [-0.05, 0) is 77.3 Å². The van der Waals surface area contributed by atoms with Gasteiger partial charge in [-0.3, -0.25) is 19.2 Å². The summed E-state index contributed by atoms with van der Waals surface area (Å²) in [6.07, 6.45) is 13.2. The monoisotopic (exact) mass is 752 g/mol. The number of hydrogen-bond acceptors (Lipinski definition) is 8. The topological polar surface area (TPSA) is 81.2 Å². The predicted molar refractivity (Wildman–Crippen MR) is 159 cm³/mol. The second-order valence-corrected chi connectivity index (χ2v) is 8.70. The molecule has 0 radical (unpaired) electrons. The maximum Gasteiger partial charge on any atom is 2.00 e. The molecular weight excluding hydrogens is 717 g/mol. The molecule has 2 aromatic rings. The Bertz CT molecular complexity index is 1140. The molecule has 0 N–H and O–H groups in total. The Morgan fingerprint density at radius 3 is 0.762 bits per heavy atom. The molecule has 0 saturated heterocycles. The van der Waals surface area contributed by atoms with Crippen molar-refractivity contribution in [1.29, 1.82) is 0 Å². The second-order valence-electron chi connectivity index (χ2n) is 8.70. The maximum absolute atomic E-state index is 11.2. The number of benzene rings is 2. The minimum atomic E-state index is -0.0924. The molecule has 2 aliphatic carbocycles. The van der Waals surface area contributed by atoms with Crippen LogP contribution in [0.2, 0.25) is 0 Å². The van der Waals surface area contributed by atoms with Crippen LogP contribution in [0.4, 0.5) is 0 Å². The minimum Gasteiger partial charge on any atom is -0.511 e. The number of ketones is 4. The quantitative estimate of drug-likeness (QED) is 0.274. The molecule has 0 amide bonds. The molecule has 228 valence electrons. The molecule has 0 atom stereocenters. The molecule has 0 spiro atoms. The Morgan fingerprint density at radius 1 is 0.429 bits per heavy atom. The van der Waals surface area contributed by atoms with Crippen LogP contribution in [-0.2, 0) is 40.8 Å². The Hall–Kier alpha value is -3.40. The SMILES string of the molecule is CN1C=CN(C)[CH-]1.CN1C=CN(C)[CH-]1.O=C1C=CC(=O)c2ccccc21.O=C1C=CC(=O)c2ccccc21.[CH3-].[CH3-].[Pd+2].[Pd+2]. The van der Waals surface area contributed by atoms with E-state index in [0.717, 1.165) is 0 Å². The molecule has 0 saturated carbocycles. The van der Waals surface area contributed by atoms with E-state index in [0.29, 0.717) is 22.3 Å². The van der Waals surface area contributed by atoms with E-state index in [-0.39, 0.29) is 78.8 Å². The van der Waals surface area contributed by atoms with Gasteiger partial charge in [-0.1, -0.05) is 48.5 Å². The van der Waals surface area contributed by atoms with Crippen molar-refractivity contribution in [3.8, 4) is 0 Å². The summed E-state index contributed by atoms with van der Waals surface area (Å²) in [6.45, 7) is 4.00. The van der Waals surface area contributed by atoms with Crippen molar-refractivity contribution in [3.05, 3.63) is 148 Å². The summed E-state index contributed by atoms with van der Waals surface area (Å²) in [5.41, 5.74) is 2.02. The summed E-state index contributed by atoms with van der Waals surface area (Å²) in [7, 11) is 8.00. The van der Waals surface area contributed by atoms with Gasteiger partial charge in [-0.25, -0.2) is 0 Å². The molecule has 0 fully saturated rings. The van der Waals surface area contributed by atoms with Crippen molar-refractivity contribution < 1.29 is 60.0 Å². The summed E-state index contributed by atoms with van der Waals surface area (Å²) >= 11 is 0. The van der Waals surface area contributed by atoms with Gasteiger partial charge in [0.1, 0.15) is 0 Å². The van der Waals surface area contributed by atoms with Gasteiger partial charge in [0.05, 0.1) is 0 Å². The van der Waals surface area contributed by atoms with Crippen molar-refractivity contribution in [1.82, 2.24) is 19.6 Å². The van der Waals surface area contributed by atoms with E-state index in [4.69, 9.17) is 0 Å². The third kappa shape index (κ3) is 11.8. The van der Waals surface area contributed by atoms with E-state index < -0.39 is 0 Å². The Morgan fingerprint density at radius 2 is 0.619 bits per heavy atom. The van der Waals surface area contributed by atoms with Crippen LogP contribution in [0.1, 0.15) is 41.4 Å². The largest absolute Gasteiger partial charge is 2.00 e. The zero-order valence-electron chi connectivity index (χ0n) is 24.4. The van der Waals surface area contributed by atoms with Crippen LogP contribution in [0.3, 0.4) is 0 Å². The van der Waals surface area contributed by atoms with E-state index in [9.17, 15) is 19.2 Å². The number of fused-ring (bicyclic) bond motifs is 2. The first-order valence-electron chi connectivity index (χ1n) is 11.8. The summed E-state index contributed by atoms with van der Waals surface area (Å²) < 4.78 is 0. The van der Waals surface area contributed by atoms with Crippen molar-refractivity contribution in [3.63, 3.8) is 0 Å². The molecule has 0 aromatic heterocycles. The minimum absolute atomic E-state index is 0. The number of nitrogens with zero attached hydrogens (tertiary/aromatic N) is 4. The molecule has 10 heteroatoms. The summed E-state index contributed by atoms with van der Waals surface area (Å²) in [5, 5.41) is 0. The van der Waals surface area contributed by atoms with Gasteiger partial charge in [-0.15, -0.1) is 0 Å². The molecule has 8 nitrogen and oxygen atoms in total. The molecule has 2 aliphatic heterocycles. The van der Waals surface area contributed by atoms with E-state index in [2.05, 4.69) is 0 Å². The smallest absolute Gasteiger partial charge is 0.511 e. The molecule has 4 aliphatic rings. The van der Waals surface area contributed by atoms with Crippen LogP contribution >= 0.6 is 0 Å². The molecule has 6 rings (SSSR count). The van der Waals surface area contributed by atoms with Crippen molar-refractivity contribution in [2.75, 3.05) is 28.2 Å². The fraction of sp³-hybridized carbons (Fsp3) is 0.125. The first-order chi connectivity index (χ1) is 18.2. The van der Waals surface area contributed by atoms with Crippen molar-refractivity contribution in [2.45, 2.75) is 0 Å². The molecule has 0 bridgehead atoms. The summed E-state index contributed by atoms with van der Waals surface area (Å²) in [4.78, 5) is 52.8. The normalized spacial score (nSPS) is 14.8. The van der Waals surface area contributed by atoms with Gasteiger partial charge in [0, 0.05) is 22.3 Å². The summed E-state index contributed by atoms with van der Waals surface area (Å²) in [6, 6.07) is 13.7. The average molecular weight is 754 g/mol. The van der Waals surface area contributed by atoms with Crippen LogP contribution < -0.4 is 0 Å².